The highest BCUT2D eigenvalue weighted by atomic mass is 16.5. The molecule has 0 bridgehead atoms. The monoisotopic (exact) mass is 497 g/mol. The summed E-state index contributed by atoms with van der Waals surface area (Å²) in [5, 5.41) is 10.0. The Labute approximate surface area is 215 Å². The third kappa shape index (κ3) is 5.39. The number of pyridine rings is 1. The van der Waals surface area contributed by atoms with E-state index >= 15 is 0 Å². The Hall–Kier alpha value is -4.42. The van der Waals surface area contributed by atoms with Crippen molar-refractivity contribution in [1.29, 1.82) is 5.26 Å². The molecule has 4 aromatic rings. The van der Waals surface area contributed by atoms with E-state index in [0.29, 0.717) is 60.1 Å². The predicted octanol–water partition coefficient (Wildman–Crippen LogP) is 3.92. The highest BCUT2D eigenvalue weighted by molar-refractivity contribution is 5.83. The lowest BCUT2D eigenvalue weighted by molar-refractivity contribution is 0.122. The second-order valence-electron chi connectivity index (χ2n) is 8.55. The summed E-state index contributed by atoms with van der Waals surface area (Å²) in [5.74, 6) is 2.68. The predicted molar refractivity (Wildman–Crippen MR) is 138 cm³/mol. The lowest BCUT2D eigenvalue weighted by atomic mass is 9.98. The van der Waals surface area contributed by atoms with Crippen molar-refractivity contribution in [3.63, 3.8) is 0 Å². The molecule has 37 heavy (non-hydrogen) atoms. The molecule has 0 N–H and O–H groups in total. The van der Waals surface area contributed by atoms with Crippen LogP contribution < -0.4 is 19.1 Å². The Bertz CT molecular complexity index is 1430. The third-order valence-electron chi connectivity index (χ3n) is 6.27. The average Bonchev–Trinajstić information content (AvgIpc) is 2.96. The van der Waals surface area contributed by atoms with E-state index < -0.39 is 0 Å². The molecule has 188 valence electrons. The fourth-order valence-corrected chi connectivity index (χ4v) is 4.26. The van der Waals surface area contributed by atoms with E-state index in [4.69, 9.17) is 23.9 Å². The first-order valence-corrected chi connectivity index (χ1v) is 12.0. The van der Waals surface area contributed by atoms with Gasteiger partial charge in [-0.2, -0.15) is 5.26 Å². The van der Waals surface area contributed by atoms with E-state index in [-0.39, 0.29) is 0 Å². The molecule has 1 aliphatic rings. The van der Waals surface area contributed by atoms with Crippen molar-refractivity contribution in [3.8, 4) is 23.3 Å². The van der Waals surface area contributed by atoms with E-state index in [2.05, 4.69) is 20.9 Å². The summed E-state index contributed by atoms with van der Waals surface area (Å²) in [5.41, 5.74) is 4.49. The minimum atomic E-state index is 0.299. The number of nitrogens with zero attached hydrogens (tertiary/aromatic N) is 5. The lowest BCUT2D eigenvalue weighted by Gasteiger charge is -2.27. The van der Waals surface area contributed by atoms with Gasteiger partial charge in [0.25, 0.3) is 0 Å². The molecule has 9 heteroatoms. The Morgan fingerprint density at radius 2 is 1.84 bits per heavy atom. The van der Waals surface area contributed by atoms with E-state index in [1.807, 2.05) is 42.5 Å². The van der Waals surface area contributed by atoms with Gasteiger partial charge < -0.3 is 23.8 Å². The maximum absolute atomic E-state index is 10.0. The number of ether oxygens (including phenoxy) is 4. The van der Waals surface area contributed by atoms with Crippen LogP contribution in [0.5, 0.6) is 17.2 Å². The second-order valence-corrected chi connectivity index (χ2v) is 8.55. The SMILES string of the molecule is COc1ccc(COc2ccc(Cc3ccc4ncc(N5CCOCC5)nc4c3C#N)cc2OC)nc1. The number of hydrogen-bond donors (Lipinski definition) is 0. The van der Waals surface area contributed by atoms with Crippen LogP contribution in [0.2, 0.25) is 0 Å². The van der Waals surface area contributed by atoms with E-state index in [1.165, 1.54) is 0 Å². The van der Waals surface area contributed by atoms with Crippen molar-refractivity contribution in [1.82, 2.24) is 15.0 Å². The van der Waals surface area contributed by atoms with Gasteiger partial charge in [0.15, 0.2) is 11.5 Å². The Balaban J connectivity index is 1.37. The average molecular weight is 498 g/mol. The smallest absolute Gasteiger partial charge is 0.161 e. The minimum Gasteiger partial charge on any atom is -0.495 e. The summed E-state index contributed by atoms with van der Waals surface area (Å²) in [6.45, 7) is 3.12. The molecule has 0 saturated carbocycles. The number of fused-ring (bicyclic) bond motifs is 1. The van der Waals surface area contributed by atoms with Gasteiger partial charge in [0.1, 0.15) is 29.8 Å². The first-order chi connectivity index (χ1) is 18.2. The molecular formula is C28H27N5O4. The fraction of sp³-hybridized carbons (Fsp3) is 0.286. The topological polar surface area (TPSA) is 103 Å². The standard InChI is InChI=1S/C28H27N5O4/c1-34-22-6-5-21(30-16-22)18-37-25-8-3-19(14-26(25)35-2)13-20-4-7-24-28(23(20)15-29)32-27(17-31-24)33-9-11-36-12-10-33/h3-8,14,16-17H,9-13,18H2,1-2H3. The molecule has 1 aliphatic heterocycles. The first kappa shape index (κ1) is 24.3. The van der Waals surface area contributed by atoms with Crippen molar-refractivity contribution < 1.29 is 18.9 Å². The summed E-state index contributed by atoms with van der Waals surface area (Å²) >= 11 is 0. The molecule has 5 rings (SSSR count). The highest BCUT2D eigenvalue weighted by Gasteiger charge is 2.17. The van der Waals surface area contributed by atoms with Crippen LogP contribution in [0.15, 0.2) is 54.9 Å². The number of aromatic nitrogens is 3. The molecule has 0 radical (unpaired) electrons. The van der Waals surface area contributed by atoms with Gasteiger partial charge in [0.2, 0.25) is 0 Å². The van der Waals surface area contributed by atoms with Crippen molar-refractivity contribution in [2.75, 3.05) is 45.4 Å². The molecule has 0 amide bonds. The normalized spacial score (nSPS) is 13.3. The number of morpholine rings is 1. The van der Waals surface area contributed by atoms with Crippen LogP contribution in [0.25, 0.3) is 11.0 Å². The summed E-state index contributed by atoms with van der Waals surface area (Å²) < 4.78 is 22.1. The molecule has 2 aromatic carbocycles. The van der Waals surface area contributed by atoms with Crippen LogP contribution in [-0.4, -0.2) is 55.5 Å². The molecule has 0 aliphatic carbocycles. The van der Waals surface area contributed by atoms with Crippen LogP contribution in [0, 0.1) is 11.3 Å². The molecule has 0 atom stereocenters. The zero-order chi connectivity index (χ0) is 25.6. The number of rotatable bonds is 8. The number of anilines is 1. The number of hydrogen-bond acceptors (Lipinski definition) is 9. The molecule has 1 fully saturated rings. The first-order valence-electron chi connectivity index (χ1n) is 12.0. The largest absolute Gasteiger partial charge is 0.495 e. The second kappa shape index (κ2) is 11.1. The van der Waals surface area contributed by atoms with E-state index in [9.17, 15) is 5.26 Å². The van der Waals surface area contributed by atoms with Gasteiger partial charge in [-0.05, 0) is 47.9 Å². The number of nitriles is 1. The molecular weight excluding hydrogens is 470 g/mol. The number of benzene rings is 2. The third-order valence-corrected chi connectivity index (χ3v) is 6.27. The van der Waals surface area contributed by atoms with Crippen LogP contribution in [0.3, 0.4) is 0 Å². The molecule has 9 nitrogen and oxygen atoms in total. The highest BCUT2D eigenvalue weighted by Crippen LogP contribution is 2.31. The molecule has 1 saturated heterocycles. The van der Waals surface area contributed by atoms with Crippen molar-refractivity contribution >= 4 is 16.9 Å². The number of methoxy groups -OCH3 is 2. The fourth-order valence-electron chi connectivity index (χ4n) is 4.26. The van der Waals surface area contributed by atoms with Gasteiger partial charge in [0, 0.05) is 13.1 Å². The van der Waals surface area contributed by atoms with Gasteiger partial charge in [-0.25, -0.2) is 4.98 Å². The Morgan fingerprint density at radius 1 is 0.973 bits per heavy atom. The van der Waals surface area contributed by atoms with Gasteiger partial charge >= 0.3 is 0 Å². The van der Waals surface area contributed by atoms with Gasteiger partial charge in [-0.15, -0.1) is 0 Å². The van der Waals surface area contributed by atoms with Crippen molar-refractivity contribution in [2.24, 2.45) is 0 Å². The van der Waals surface area contributed by atoms with E-state index in [1.54, 1.807) is 26.6 Å². The van der Waals surface area contributed by atoms with Gasteiger partial charge in [-0.1, -0.05) is 12.1 Å². The maximum Gasteiger partial charge on any atom is 0.161 e. The summed E-state index contributed by atoms with van der Waals surface area (Å²) in [6.07, 6.45) is 3.96. The summed E-state index contributed by atoms with van der Waals surface area (Å²) in [6, 6.07) is 15.7. The Morgan fingerprint density at radius 3 is 2.57 bits per heavy atom. The molecule has 0 unspecified atom stereocenters. The van der Waals surface area contributed by atoms with Crippen molar-refractivity contribution in [2.45, 2.75) is 13.0 Å². The molecule has 3 heterocycles. The molecule has 0 spiro atoms. The quantitative estimate of drug-likeness (QED) is 0.358. The van der Waals surface area contributed by atoms with Crippen molar-refractivity contribution in [3.05, 3.63) is 77.2 Å². The zero-order valence-corrected chi connectivity index (χ0v) is 20.8. The Kier molecular flexibility index (Phi) is 7.28. The van der Waals surface area contributed by atoms with Gasteiger partial charge in [0.05, 0.1) is 56.6 Å². The van der Waals surface area contributed by atoms with Crippen LogP contribution >= 0.6 is 0 Å². The summed E-state index contributed by atoms with van der Waals surface area (Å²) in [7, 11) is 3.21. The maximum atomic E-state index is 10.0. The van der Waals surface area contributed by atoms with Crippen LogP contribution in [-0.2, 0) is 17.8 Å². The van der Waals surface area contributed by atoms with Crippen LogP contribution in [0.1, 0.15) is 22.4 Å². The van der Waals surface area contributed by atoms with Gasteiger partial charge in [-0.3, -0.25) is 9.97 Å². The zero-order valence-electron chi connectivity index (χ0n) is 20.8. The summed E-state index contributed by atoms with van der Waals surface area (Å²) in [4.78, 5) is 15.8. The van der Waals surface area contributed by atoms with E-state index in [0.717, 1.165) is 35.7 Å². The molecule has 2 aromatic heterocycles. The minimum absolute atomic E-state index is 0.299. The van der Waals surface area contributed by atoms with Crippen LogP contribution in [0.4, 0.5) is 5.82 Å². The lowest BCUT2D eigenvalue weighted by Crippen LogP contribution is -2.36.